The molecule has 0 bridgehead atoms. The van der Waals surface area contributed by atoms with E-state index in [0.29, 0.717) is 0 Å². The molecule has 0 aliphatic carbocycles. The Balaban J connectivity index is 1.56. The van der Waals surface area contributed by atoms with Crippen LogP contribution < -0.4 is 0 Å². The largest absolute Gasteiger partial charge is 0.456 e. The topological polar surface area (TPSA) is 96.7 Å². The van der Waals surface area contributed by atoms with Crippen LogP contribution in [0.15, 0.2) is 91.0 Å². The van der Waals surface area contributed by atoms with Crippen molar-refractivity contribution < 1.29 is 28.6 Å². The number of carbonyl (C=O) groups excluding carboxylic acids is 3. The van der Waals surface area contributed by atoms with Gasteiger partial charge in [0.15, 0.2) is 11.4 Å². The minimum absolute atomic E-state index is 0.0121. The highest BCUT2D eigenvalue weighted by atomic mass is 16.6. The fourth-order valence-corrected chi connectivity index (χ4v) is 3.42. The Kier molecular flexibility index (Phi) is 7.87. The molecule has 0 aliphatic rings. The number of aromatic nitrogens is 2. The van der Waals surface area contributed by atoms with Gasteiger partial charge in [0, 0.05) is 5.56 Å². The third kappa shape index (κ3) is 6.04. The summed E-state index contributed by atoms with van der Waals surface area (Å²) in [5.74, 6) is -1.59. The van der Waals surface area contributed by atoms with Gasteiger partial charge >= 0.3 is 18.0 Å². The zero-order valence-corrected chi connectivity index (χ0v) is 19.6. The highest BCUT2D eigenvalue weighted by Crippen LogP contribution is 2.18. The van der Waals surface area contributed by atoms with Crippen LogP contribution in [-0.4, -0.2) is 27.8 Å². The molecule has 0 atom stereocenters. The van der Waals surface area contributed by atoms with E-state index < -0.39 is 18.0 Å². The first kappa shape index (κ1) is 24.4. The molecule has 4 rings (SSSR count). The Labute approximate surface area is 208 Å². The number of ether oxygens (including phenoxy) is 3. The summed E-state index contributed by atoms with van der Waals surface area (Å²) in [4.78, 5) is 38.7. The highest BCUT2D eigenvalue weighted by molar-refractivity contribution is 5.98. The lowest BCUT2D eigenvalue weighted by Crippen LogP contribution is -2.22. The molecule has 0 fully saturated rings. The molecule has 0 saturated heterocycles. The van der Waals surface area contributed by atoms with E-state index >= 15 is 0 Å². The van der Waals surface area contributed by atoms with Gasteiger partial charge in [-0.15, -0.1) is 0 Å². The molecular formula is C28H24N2O6. The van der Waals surface area contributed by atoms with Crippen molar-refractivity contribution >= 4 is 18.0 Å². The van der Waals surface area contributed by atoms with E-state index in [4.69, 9.17) is 14.2 Å². The average molecular weight is 485 g/mol. The third-order valence-corrected chi connectivity index (χ3v) is 5.31. The van der Waals surface area contributed by atoms with Gasteiger partial charge in [-0.05, 0) is 23.6 Å². The Morgan fingerprint density at radius 1 is 0.639 bits per heavy atom. The Morgan fingerprint density at radius 3 is 1.53 bits per heavy atom. The quantitative estimate of drug-likeness (QED) is 0.254. The van der Waals surface area contributed by atoms with Crippen LogP contribution in [0, 0.1) is 6.92 Å². The number of carbonyl (C=O) groups is 3. The molecule has 0 radical (unpaired) electrons. The molecule has 1 aromatic heterocycles. The van der Waals surface area contributed by atoms with E-state index in [9.17, 15) is 14.4 Å². The van der Waals surface area contributed by atoms with Gasteiger partial charge in [-0.2, -0.15) is 9.78 Å². The molecule has 8 heteroatoms. The predicted octanol–water partition coefficient (Wildman–Crippen LogP) is 5.09. The van der Waals surface area contributed by atoms with Crippen molar-refractivity contribution in [1.29, 1.82) is 0 Å². The summed E-state index contributed by atoms with van der Waals surface area (Å²) in [7, 11) is 0. The van der Waals surface area contributed by atoms with Crippen LogP contribution in [0.4, 0.5) is 4.79 Å². The predicted molar refractivity (Wildman–Crippen MR) is 130 cm³/mol. The Bertz CT molecular complexity index is 1330. The summed E-state index contributed by atoms with van der Waals surface area (Å²) in [6, 6.07) is 27.3. The molecule has 1 heterocycles. The molecule has 8 nitrogen and oxygen atoms in total. The first-order valence-electron chi connectivity index (χ1n) is 11.3. The minimum Gasteiger partial charge on any atom is -0.456 e. The number of nitrogens with zero attached hydrogens (tertiary/aromatic N) is 2. The third-order valence-electron chi connectivity index (χ3n) is 5.31. The summed E-state index contributed by atoms with van der Waals surface area (Å²) in [5.41, 5.74) is 2.09. The molecular weight excluding hydrogens is 460 g/mol. The summed E-state index contributed by atoms with van der Waals surface area (Å²) in [5, 5.41) is 4.08. The van der Waals surface area contributed by atoms with E-state index in [2.05, 4.69) is 5.10 Å². The molecule has 0 saturated carbocycles. The van der Waals surface area contributed by atoms with E-state index in [1.807, 2.05) is 66.7 Å². The van der Waals surface area contributed by atoms with E-state index in [-0.39, 0.29) is 36.8 Å². The Hall–Kier alpha value is -4.72. The zero-order chi connectivity index (χ0) is 25.3. The molecule has 4 aromatic rings. The van der Waals surface area contributed by atoms with Crippen LogP contribution in [0.2, 0.25) is 0 Å². The number of esters is 2. The van der Waals surface area contributed by atoms with Gasteiger partial charge in [0.05, 0.1) is 0 Å². The van der Waals surface area contributed by atoms with Crippen molar-refractivity contribution in [1.82, 2.24) is 9.78 Å². The Morgan fingerprint density at radius 2 is 1.06 bits per heavy atom. The first-order valence-corrected chi connectivity index (χ1v) is 11.3. The van der Waals surface area contributed by atoms with Crippen molar-refractivity contribution in [3.63, 3.8) is 0 Å². The average Bonchev–Trinajstić information content (AvgIpc) is 3.28. The number of benzene rings is 3. The lowest BCUT2D eigenvalue weighted by atomic mass is 10.2. The van der Waals surface area contributed by atoms with Crippen LogP contribution in [0.3, 0.4) is 0 Å². The van der Waals surface area contributed by atoms with Gasteiger partial charge in [0.2, 0.25) is 0 Å². The van der Waals surface area contributed by atoms with Crippen molar-refractivity contribution in [3.8, 4) is 0 Å². The van der Waals surface area contributed by atoms with Gasteiger partial charge in [-0.1, -0.05) is 91.0 Å². The van der Waals surface area contributed by atoms with Gasteiger partial charge in [0.1, 0.15) is 19.8 Å². The lowest BCUT2D eigenvalue weighted by Gasteiger charge is -2.09. The number of hydrogen-bond donors (Lipinski definition) is 0. The highest BCUT2D eigenvalue weighted by Gasteiger charge is 2.30. The number of hydrogen-bond acceptors (Lipinski definition) is 7. The summed E-state index contributed by atoms with van der Waals surface area (Å²) in [6.45, 7) is 1.46. The minimum atomic E-state index is -0.921. The van der Waals surface area contributed by atoms with Gasteiger partial charge in [0.25, 0.3) is 0 Å². The first-order chi connectivity index (χ1) is 17.5. The molecule has 0 spiro atoms. The van der Waals surface area contributed by atoms with E-state index in [0.717, 1.165) is 21.4 Å². The monoisotopic (exact) mass is 484 g/mol. The smallest absolute Gasteiger partial charge is 0.435 e. The van der Waals surface area contributed by atoms with E-state index in [1.165, 1.54) is 6.92 Å². The second-order valence-corrected chi connectivity index (χ2v) is 7.90. The maximum absolute atomic E-state index is 13.0. The van der Waals surface area contributed by atoms with Gasteiger partial charge in [-0.25, -0.2) is 14.4 Å². The second-order valence-electron chi connectivity index (χ2n) is 7.90. The fraction of sp³-hybridized carbons (Fsp3) is 0.143. The molecule has 3 aromatic carbocycles. The van der Waals surface area contributed by atoms with Crippen LogP contribution >= 0.6 is 0 Å². The summed E-state index contributed by atoms with van der Waals surface area (Å²) < 4.78 is 16.9. The second kappa shape index (κ2) is 11.6. The van der Waals surface area contributed by atoms with Crippen LogP contribution in [0.1, 0.15) is 43.2 Å². The lowest BCUT2D eigenvalue weighted by molar-refractivity contribution is 0.0450. The molecule has 0 unspecified atom stereocenters. The van der Waals surface area contributed by atoms with Crippen LogP contribution in [-0.2, 0) is 34.0 Å². The van der Waals surface area contributed by atoms with Crippen molar-refractivity contribution in [2.75, 3.05) is 0 Å². The standard InChI is InChI=1S/C28H24N2O6/c1-20-24(26(31)34-17-21-11-5-2-6-12-21)29-30(28(33)36-19-23-15-9-4-10-16-23)25(20)27(32)35-18-22-13-7-3-8-14-22/h2-16H,17-19H2,1H3. The maximum atomic E-state index is 13.0. The fourth-order valence-electron chi connectivity index (χ4n) is 3.42. The van der Waals surface area contributed by atoms with Gasteiger partial charge in [-0.3, -0.25) is 0 Å². The van der Waals surface area contributed by atoms with Crippen LogP contribution in [0.25, 0.3) is 0 Å². The molecule has 182 valence electrons. The van der Waals surface area contributed by atoms with Crippen molar-refractivity contribution in [2.45, 2.75) is 26.7 Å². The van der Waals surface area contributed by atoms with Crippen LogP contribution in [0.5, 0.6) is 0 Å². The summed E-state index contributed by atoms with van der Waals surface area (Å²) >= 11 is 0. The maximum Gasteiger partial charge on any atom is 0.435 e. The molecule has 0 aliphatic heterocycles. The van der Waals surface area contributed by atoms with Crippen molar-refractivity contribution in [2.24, 2.45) is 0 Å². The molecule has 0 amide bonds. The SMILES string of the molecule is Cc1c(C(=O)OCc2ccccc2)nn(C(=O)OCc2ccccc2)c1C(=O)OCc1ccccc1. The van der Waals surface area contributed by atoms with E-state index in [1.54, 1.807) is 24.3 Å². The normalized spacial score (nSPS) is 10.5. The number of rotatable bonds is 8. The summed E-state index contributed by atoms with van der Waals surface area (Å²) in [6.07, 6.45) is -0.921. The zero-order valence-electron chi connectivity index (χ0n) is 19.6. The van der Waals surface area contributed by atoms with Crippen molar-refractivity contribution in [3.05, 3.63) is 125 Å². The van der Waals surface area contributed by atoms with Gasteiger partial charge < -0.3 is 14.2 Å². The molecule has 36 heavy (non-hydrogen) atoms. The molecule has 0 N–H and O–H groups in total.